The van der Waals surface area contributed by atoms with Crippen molar-refractivity contribution in [2.45, 2.75) is 45.6 Å². The van der Waals surface area contributed by atoms with Gasteiger partial charge in [-0.05, 0) is 73.4 Å². The second-order valence-corrected chi connectivity index (χ2v) is 10.7. The number of para-hydroxylation sites is 1. The van der Waals surface area contributed by atoms with Gasteiger partial charge in [0.2, 0.25) is 0 Å². The van der Waals surface area contributed by atoms with Gasteiger partial charge in [0.1, 0.15) is 11.2 Å². The van der Waals surface area contributed by atoms with E-state index in [1.54, 1.807) is 0 Å². The van der Waals surface area contributed by atoms with Crippen LogP contribution in [0.1, 0.15) is 45.7 Å². The molecule has 2 nitrogen and oxygen atoms in total. The molecule has 33 heavy (non-hydrogen) atoms. The molecule has 0 unspecified atom stereocenters. The molecule has 1 aliphatic carbocycles. The molecule has 0 N–H and O–H groups in total. The van der Waals surface area contributed by atoms with Crippen LogP contribution < -0.4 is 4.90 Å². The van der Waals surface area contributed by atoms with Gasteiger partial charge in [0.05, 0.1) is 0 Å². The molecule has 0 aliphatic heterocycles. The summed E-state index contributed by atoms with van der Waals surface area (Å²) in [7, 11) is 0. The average molecular weight is 432 g/mol. The quantitative estimate of drug-likeness (QED) is 0.277. The van der Waals surface area contributed by atoms with Gasteiger partial charge in [0.15, 0.2) is 0 Å². The van der Waals surface area contributed by atoms with Gasteiger partial charge in [-0.25, -0.2) is 0 Å². The number of anilines is 2. The Morgan fingerprint density at radius 1 is 0.697 bits per heavy atom. The van der Waals surface area contributed by atoms with Crippen LogP contribution in [0.2, 0.25) is 0 Å². The molecule has 0 saturated carbocycles. The Hall–Kier alpha value is -3.52. The highest BCUT2D eigenvalue weighted by molar-refractivity contribution is 6.06. The van der Waals surface area contributed by atoms with Crippen molar-refractivity contribution in [1.29, 1.82) is 0 Å². The number of hydrogen-bond donors (Lipinski definition) is 0. The monoisotopic (exact) mass is 431 g/mol. The maximum absolute atomic E-state index is 6.11. The molecule has 0 fully saturated rings. The topological polar surface area (TPSA) is 16.4 Å². The van der Waals surface area contributed by atoms with Gasteiger partial charge in [-0.15, -0.1) is 0 Å². The van der Waals surface area contributed by atoms with E-state index in [0.717, 1.165) is 21.9 Å². The minimum Gasteiger partial charge on any atom is -0.456 e. The van der Waals surface area contributed by atoms with Crippen LogP contribution in [-0.4, -0.2) is 5.54 Å². The molecule has 1 aromatic heterocycles. The zero-order valence-electron chi connectivity index (χ0n) is 19.9. The number of benzene rings is 4. The van der Waals surface area contributed by atoms with Crippen LogP contribution in [0.3, 0.4) is 0 Å². The summed E-state index contributed by atoms with van der Waals surface area (Å²) in [4.78, 5) is 2.50. The predicted molar refractivity (Wildman–Crippen MR) is 140 cm³/mol. The van der Waals surface area contributed by atoms with Crippen molar-refractivity contribution >= 4 is 33.3 Å². The summed E-state index contributed by atoms with van der Waals surface area (Å²) in [5.41, 5.74) is 9.63. The van der Waals surface area contributed by atoms with Crippen molar-refractivity contribution in [3.63, 3.8) is 0 Å². The smallest absolute Gasteiger partial charge is 0.135 e. The maximum atomic E-state index is 6.11. The van der Waals surface area contributed by atoms with Crippen LogP contribution in [0.25, 0.3) is 33.1 Å². The van der Waals surface area contributed by atoms with Gasteiger partial charge in [0, 0.05) is 33.1 Å². The Bertz CT molecular complexity index is 1530. The van der Waals surface area contributed by atoms with Crippen LogP contribution in [-0.2, 0) is 5.41 Å². The van der Waals surface area contributed by atoms with E-state index in [9.17, 15) is 0 Å². The summed E-state index contributed by atoms with van der Waals surface area (Å²) in [6.07, 6.45) is 0. The standard InChI is InChI=1S/C31H29NO/c1-30(2,3)32(20-17-18-28-24(19-20)22-12-7-9-16-27(22)33-28)26-15-10-13-23-21-11-6-8-14-25(21)31(4,5)29(23)26/h6-19H,1-5H3. The fraction of sp³-hybridized carbons (Fsp3) is 0.226. The van der Waals surface area contributed by atoms with Crippen LogP contribution in [0.4, 0.5) is 11.4 Å². The normalized spacial score (nSPS) is 14.5. The Kier molecular flexibility index (Phi) is 4.11. The lowest BCUT2D eigenvalue weighted by Gasteiger charge is -2.41. The number of hydrogen-bond acceptors (Lipinski definition) is 2. The van der Waals surface area contributed by atoms with Crippen LogP contribution >= 0.6 is 0 Å². The predicted octanol–water partition coefficient (Wildman–Crippen LogP) is 8.83. The summed E-state index contributed by atoms with van der Waals surface area (Å²) >= 11 is 0. The van der Waals surface area contributed by atoms with E-state index < -0.39 is 0 Å². The minimum absolute atomic E-state index is 0.0710. The molecule has 1 heterocycles. The summed E-state index contributed by atoms with van der Waals surface area (Å²) in [6.45, 7) is 11.6. The van der Waals surface area contributed by atoms with Gasteiger partial charge in [-0.2, -0.15) is 0 Å². The highest BCUT2D eigenvalue weighted by Crippen LogP contribution is 2.54. The van der Waals surface area contributed by atoms with Crippen molar-refractivity contribution < 1.29 is 4.42 Å². The summed E-state index contributed by atoms with van der Waals surface area (Å²) < 4.78 is 6.11. The minimum atomic E-state index is -0.118. The molecule has 0 amide bonds. The molecule has 0 radical (unpaired) electrons. The third-order valence-electron chi connectivity index (χ3n) is 7.09. The lowest BCUT2D eigenvalue weighted by Crippen LogP contribution is -2.39. The van der Waals surface area contributed by atoms with Gasteiger partial charge >= 0.3 is 0 Å². The number of rotatable bonds is 2. The molecule has 0 spiro atoms. The van der Waals surface area contributed by atoms with Crippen LogP contribution in [0.15, 0.2) is 89.3 Å². The Balaban J connectivity index is 1.62. The van der Waals surface area contributed by atoms with Gasteiger partial charge in [-0.1, -0.05) is 68.4 Å². The van der Waals surface area contributed by atoms with Gasteiger partial charge < -0.3 is 9.32 Å². The highest BCUT2D eigenvalue weighted by Gasteiger charge is 2.39. The van der Waals surface area contributed by atoms with E-state index >= 15 is 0 Å². The first kappa shape index (κ1) is 20.1. The zero-order valence-corrected chi connectivity index (χ0v) is 19.9. The maximum Gasteiger partial charge on any atom is 0.135 e. The van der Waals surface area contributed by atoms with E-state index in [2.05, 4.69) is 112 Å². The zero-order chi connectivity index (χ0) is 23.0. The second-order valence-electron chi connectivity index (χ2n) is 10.7. The van der Waals surface area contributed by atoms with Crippen molar-refractivity contribution in [3.8, 4) is 11.1 Å². The number of nitrogens with zero attached hydrogens (tertiary/aromatic N) is 1. The molecule has 2 heteroatoms. The molecular formula is C31H29NO. The first-order valence-corrected chi connectivity index (χ1v) is 11.7. The van der Waals surface area contributed by atoms with E-state index in [1.807, 2.05) is 12.1 Å². The van der Waals surface area contributed by atoms with Gasteiger partial charge in [-0.3, -0.25) is 0 Å². The van der Waals surface area contributed by atoms with E-state index in [1.165, 1.54) is 33.6 Å². The third-order valence-corrected chi connectivity index (χ3v) is 7.09. The molecule has 6 rings (SSSR count). The Morgan fingerprint density at radius 2 is 1.39 bits per heavy atom. The first-order chi connectivity index (χ1) is 15.8. The van der Waals surface area contributed by atoms with E-state index in [0.29, 0.717) is 0 Å². The van der Waals surface area contributed by atoms with Crippen molar-refractivity contribution in [2.75, 3.05) is 4.90 Å². The van der Waals surface area contributed by atoms with Crippen LogP contribution in [0.5, 0.6) is 0 Å². The Morgan fingerprint density at radius 3 is 2.21 bits per heavy atom. The van der Waals surface area contributed by atoms with E-state index in [-0.39, 0.29) is 11.0 Å². The lowest BCUT2D eigenvalue weighted by molar-refractivity contribution is 0.553. The Labute approximate surface area is 195 Å². The van der Waals surface area contributed by atoms with Crippen LogP contribution in [0, 0.1) is 0 Å². The fourth-order valence-electron chi connectivity index (χ4n) is 5.75. The van der Waals surface area contributed by atoms with E-state index in [4.69, 9.17) is 4.42 Å². The number of fused-ring (bicyclic) bond motifs is 6. The fourth-order valence-corrected chi connectivity index (χ4v) is 5.75. The molecule has 0 saturated heterocycles. The molecule has 164 valence electrons. The lowest BCUT2D eigenvalue weighted by atomic mass is 9.81. The van der Waals surface area contributed by atoms with Crippen molar-refractivity contribution in [3.05, 3.63) is 96.1 Å². The molecule has 5 aromatic rings. The van der Waals surface area contributed by atoms with Crippen molar-refractivity contribution in [1.82, 2.24) is 0 Å². The summed E-state index contributed by atoms with van der Waals surface area (Å²) in [6, 6.07) is 30.5. The highest BCUT2D eigenvalue weighted by atomic mass is 16.3. The summed E-state index contributed by atoms with van der Waals surface area (Å²) in [5.74, 6) is 0. The summed E-state index contributed by atoms with van der Waals surface area (Å²) in [5, 5.41) is 2.32. The van der Waals surface area contributed by atoms with Crippen molar-refractivity contribution in [2.24, 2.45) is 0 Å². The third kappa shape index (κ3) is 2.87. The molecule has 0 atom stereocenters. The van der Waals surface area contributed by atoms with Gasteiger partial charge in [0.25, 0.3) is 0 Å². The molecular weight excluding hydrogens is 402 g/mol. The largest absolute Gasteiger partial charge is 0.456 e. The molecule has 0 bridgehead atoms. The average Bonchev–Trinajstić information content (AvgIpc) is 3.27. The first-order valence-electron chi connectivity index (χ1n) is 11.7. The number of furan rings is 1. The molecule has 4 aromatic carbocycles. The second kappa shape index (κ2) is 6.74. The molecule has 1 aliphatic rings. The SMILES string of the molecule is CC1(C)c2ccccc2-c2cccc(N(c3ccc4oc5ccccc5c4c3)C(C)(C)C)c21.